The lowest BCUT2D eigenvalue weighted by Crippen LogP contribution is -1.88. The molecule has 2 rings (SSSR count). The summed E-state index contributed by atoms with van der Waals surface area (Å²) in [5, 5.41) is 8.66. The molecule has 0 radical (unpaired) electrons. The molecule has 0 spiro atoms. The fraction of sp³-hybridized carbons (Fsp3) is 0.100. The second kappa shape index (κ2) is 2.60. The summed E-state index contributed by atoms with van der Waals surface area (Å²) >= 11 is 0. The van der Waals surface area contributed by atoms with Gasteiger partial charge in [0, 0.05) is 17.8 Å². The maximum atomic E-state index is 13.1. The molecule has 0 aromatic carbocycles. The molecule has 0 unspecified atom stereocenters. The average molecular weight is 174 g/mol. The van der Waals surface area contributed by atoms with E-state index in [1.807, 2.05) is 25.1 Å². The first kappa shape index (κ1) is 7.81. The second-order valence-electron chi connectivity index (χ2n) is 2.95. The van der Waals surface area contributed by atoms with Crippen LogP contribution in [0.5, 0.6) is 0 Å². The summed E-state index contributed by atoms with van der Waals surface area (Å²) in [7, 11) is 0. The maximum Gasteiger partial charge on any atom is 0.160 e. The lowest BCUT2D eigenvalue weighted by atomic mass is 10.3. The Morgan fingerprint density at radius 1 is 1.46 bits per heavy atom. The molecule has 0 amide bonds. The van der Waals surface area contributed by atoms with Crippen LogP contribution in [0.2, 0.25) is 0 Å². The fourth-order valence-electron chi connectivity index (χ4n) is 1.36. The van der Waals surface area contributed by atoms with Crippen LogP contribution >= 0.6 is 0 Å². The van der Waals surface area contributed by atoms with Gasteiger partial charge in [-0.1, -0.05) is 0 Å². The van der Waals surface area contributed by atoms with Crippen molar-refractivity contribution in [1.82, 2.24) is 4.40 Å². The number of fused-ring (bicyclic) bond motifs is 1. The zero-order valence-corrected chi connectivity index (χ0v) is 7.08. The summed E-state index contributed by atoms with van der Waals surface area (Å²) in [5.74, 6) is -0.465. The van der Waals surface area contributed by atoms with Gasteiger partial charge >= 0.3 is 0 Å². The van der Waals surface area contributed by atoms with Crippen molar-refractivity contribution in [1.29, 1.82) is 5.26 Å². The van der Waals surface area contributed by atoms with Crippen molar-refractivity contribution in [3.63, 3.8) is 0 Å². The third-order valence-electron chi connectivity index (χ3n) is 1.99. The molecular weight excluding hydrogens is 167 g/mol. The topological polar surface area (TPSA) is 28.2 Å². The predicted octanol–water partition coefficient (Wildman–Crippen LogP) is 2.26. The predicted molar refractivity (Wildman–Crippen MR) is 46.8 cm³/mol. The van der Waals surface area contributed by atoms with Crippen LogP contribution < -0.4 is 0 Å². The molecule has 0 saturated heterocycles. The molecule has 0 bridgehead atoms. The summed E-state index contributed by atoms with van der Waals surface area (Å²) in [4.78, 5) is 0. The minimum absolute atomic E-state index is 0.0648. The SMILES string of the molecule is Cc1ccn2c(C#N)c(F)cc2c1. The molecule has 2 heterocycles. The first-order chi connectivity index (χ1) is 6.22. The number of aryl methyl sites for hydroxylation is 1. The summed E-state index contributed by atoms with van der Waals surface area (Å²) in [6, 6.07) is 6.87. The minimum atomic E-state index is -0.465. The number of hydrogen-bond acceptors (Lipinski definition) is 1. The molecule has 0 aliphatic carbocycles. The van der Waals surface area contributed by atoms with Gasteiger partial charge in [-0.3, -0.25) is 0 Å². The fourth-order valence-corrected chi connectivity index (χ4v) is 1.36. The monoisotopic (exact) mass is 174 g/mol. The van der Waals surface area contributed by atoms with Gasteiger partial charge in [0.2, 0.25) is 0 Å². The van der Waals surface area contributed by atoms with Gasteiger partial charge in [0.25, 0.3) is 0 Å². The van der Waals surface area contributed by atoms with Crippen molar-refractivity contribution >= 4 is 5.52 Å². The number of nitriles is 1. The lowest BCUT2D eigenvalue weighted by molar-refractivity contribution is 0.623. The normalized spacial score (nSPS) is 10.2. The van der Waals surface area contributed by atoms with Crippen molar-refractivity contribution in [2.45, 2.75) is 6.92 Å². The van der Waals surface area contributed by atoms with E-state index < -0.39 is 5.82 Å². The Balaban J connectivity index is 2.88. The van der Waals surface area contributed by atoms with Crippen molar-refractivity contribution < 1.29 is 4.39 Å². The molecular formula is C10H7FN2. The van der Waals surface area contributed by atoms with E-state index in [0.29, 0.717) is 5.52 Å². The second-order valence-corrected chi connectivity index (χ2v) is 2.95. The minimum Gasteiger partial charge on any atom is -0.306 e. The van der Waals surface area contributed by atoms with Crippen LogP contribution in [0.15, 0.2) is 24.4 Å². The largest absolute Gasteiger partial charge is 0.306 e. The number of hydrogen-bond donors (Lipinski definition) is 0. The van der Waals surface area contributed by atoms with Gasteiger partial charge in [-0.15, -0.1) is 0 Å². The van der Waals surface area contributed by atoms with Crippen LogP contribution in [0.3, 0.4) is 0 Å². The molecule has 13 heavy (non-hydrogen) atoms. The van der Waals surface area contributed by atoms with E-state index in [1.54, 1.807) is 10.6 Å². The molecule has 2 aromatic heterocycles. The quantitative estimate of drug-likeness (QED) is 0.602. The molecule has 0 fully saturated rings. The van der Waals surface area contributed by atoms with Gasteiger partial charge in [0.15, 0.2) is 11.5 Å². The Morgan fingerprint density at radius 2 is 2.23 bits per heavy atom. The highest BCUT2D eigenvalue weighted by atomic mass is 19.1. The van der Waals surface area contributed by atoms with Gasteiger partial charge in [-0.25, -0.2) is 4.39 Å². The van der Waals surface area contributed by atoms with E-state index >= 15 is 0 Å². The van der Waals surface area contributed by atoms with Crippen LogP contribution in [0, 0.1) is 24.1 Å². The summed E-state index contributed by atoms with van der Waals surface area (Å²) < 4.78 is 14.6. The first-order valence-electron chi connectivity index (χ1n) is 3.89. The molecule has 0 saturated carbocycles. The van der Waals surface area contributed by atoms with E-state index in [9.17, 15) is 4.39 Å². The Kier molecular flexibility index (Phi) is 1.56. The summed E-state index contributed by atoms with van der Waals surface area (Å²) in [5.41, 5.74) is 1.83. The van der Waals surface area contributed by atoms with Crippen LogP contribution in [0.25, 0.3) is 5.52 Å². The van der Waals surface area contributed by atoms with E-state index in [2.05, 4.69) is 0 Å². The Hall–Kier alpha value is -1.82. The van der Waals surface area contributed by atoms with Crippen LogP contribution in [-0.2, 0) is 0 Å². The molecule has 0 aliphatic rings. The number of halogens is 1. The Morgan fingerprint density at radius 3 is 2.92 bits per heavy atom. The van der Waals surface area contributed by atoms with E-state index in [-0.39, 0.29) is 5.69 Å². The Labute approximate surface area is 74.8 Å². The molecule has 64 valence electrons. The highest BCUT2D eigenvalue weighted by Crippen LogP contribution is 2.15. The number of aromatic nitrogens is 1. The number of nitrogens with zero attached hydrogens (tertiary/aromatic N) is 2. The van der Waals surface area contributed by atoms with Gasteiger partial charge < -0.3 is 4.40 Å². The number of pyridine rings is 1. The number of rotatable bonds is 0. The van der Waals surface area contributed by atoms with E-state index in [1.165, 1.54) is 6.07 Å². The van der Waals surface area contributed by atoms with Crippen molar-refractivity contribution in [2.75, 3.05) is 0 Å². The Bertz CT molecular complexity index is 505. The zero-order chi connectivity index (χ0) is 9.42. The maximum absolute atomic E-state index is 13.1. The molecule has 3 heteroatoms. The molecule has 2 aromatic rings. The smallest absolute Gasteiger partial charge is 0.160 e. The standard InChI is InChI=1S/C10H7FN2/c1-7-2-3-13-8(4-7)5-9(11)10(13)6-12/h2-5H,1H3. The van der Waals surface area contributed by atoms with Crippen molar-refractivity contribution in [3.05, 3.63) is 41.5 Å². The third kappa shape index (κ3) is 1.07. The van der Waals surface area contributed by atoms with Gasteiger partial charge in [0.05, 0.1) is 0 Å². The van der Waals surface area contributed by atoms with Crippen LogP contribution in [0.1, 0.15) is 11.3 Å². The van der Waals surface area contributed by atoms with Crippen LogP contribution in [0.4, 0.5) is 4.39 Å². The highest BCUT2D eigenvalue weighted by molar-refractivity contribution is 5.54. The van der Waals surface area contributed by atoms with Gasteiger partial charge in [-0.05, 0) is 24.6 Å². The first-order valence-corrected chi connectivity index (χ1v) is 3.89. The lowest BCUT2D eigenvalue weighted by Gasteiger charge is -1.96. The third-order valence-corrected chi connectivity index (χ3v) is 1.99. The molecule has 0 atom stereocenters. The van der Waals surface area contributed by atoms with E-state index in [4.69, 9.17) is 5.26 Å². The summed E-state index contributed by atoms with van der Waals surface area (Å²) in [6.45, 7) is 1.93. The highest BCUT2D eigenvalue weighted by Gasteiger charge is 2.08. The van der Waals surface area contributed by atoms with Gasteiger partial charge in [0.1, 0.15) is 6.07 Å². The van der Waals surface area contributed by atoms with Gasteiger partial charge in [-0.2, -0.15) is 5.26 Å². The summed E-state index contributed by atoms with van der Waals surface area (Å²) in [6.07, 6.45) is 1.70. The van der Waals surface area contributed by atoms with Crippen molar-refractivity contribution in [3.8, 4) is 6.07 Å². The average Bonchev–Trinajstić information content (AvgIpc) is 2.39. The van der Waals surface area contributed by atoms with Crippen LogP contribution in [-0.4, -0.2) is 4.40 Å². The van der Waals surface area contributed by atoms with Crippen molar-refractivity contribution in [2.24, 2.45) is 0 Å². The zero-order valence-electron chi connectivity index (χ0n) is 7.08. The molecule has 0 aliphatic heterocycles. The molecule has 0 N–H and O–H groups in total. The van der Waals surface area contributed by atoms with E-state index in [0.717, 1.165) is 5.56 Å². The molecule has 2 nitrogen and oxygen atoms in total.